The first-order valence-electron chi connectivity index (χ1n) is 9.41. The number of non-ortho nitro benzene ring substituents is 1. The minimum atomic E-state index is -0.633. The zero-order chi connectivity index (χ0) is 24.1. The molecule has 172 valence electrons. The van der Waals surface area contributed by atoms with E-state index in [9.17, 15) is 14.9 Å². The molecule has 0 aliphatic heterocycles. The second-order valence-electron chi connectivity index (χ2n) is 6.56. The van der Waals surface area contributed by atoms with E-state index in [1.165, 1.54) is 46.9 Å². The van der Waals surface area contributed by atoms with Crippen LogP contribution in [-0.4, -0.2) is 42.4 Å². The minimum absolute atomic E-state index is 0.00952. The second kappa shape index (κ2) is 10.1. The smallest absolute Gasteiger partial charge is 0.293 e. The molecule has 0 atom stereocenters. The fourth-order valence-corrected chi connectivity index (χ4v) is 3.72. The third kappa shape index (κ3) is 5.19. The highest BCUT2D eigenvalue weighted by Gasteiger charge is 2.24. The van der Waals surface area contributed by atoms with Gasteiger partial charge in [-0.05, 0) is 52.3 Å². The van der Waals surface area contributed by atoms with Crippen LogP contribution in [0.3, 0.4) is 0 Å². The van der Waals surface area contributed by atoms with Gasteiger partial charge in [-0.15, -0.1) is 16.9 Å². The maximum atomic E-state index is 12.8. The number of hydrogen-bond acceptors (Lipinski definition) is 11. The number of thioether (sulfide) groups is 1. The third-order valence-electron chi connectivity index (χ3n) is 4.35. The molecule has 2 heterocycles. The van der Waals surface area contributed by atoms with Crippen molar-refractivity contribution in [2.75, 3.05) is 5.73 Å². The quantitative estimate of drug-likeness (QED) is 0.158. The Hall–Kier alpha value is -4.30. The average molecular weight is 500 g/mol. The third-order valence-corrected chi connectivity index (χ3v) is 5.62. The van der Waals surface area contributed by atoms with E-state index < -0.39 is 10.8 Å². The minimum Gasteiger partial charge on any atom is -0.378 e. The summed E-state index contributed by atoms with van der Waals surface area (Å²) in [6.45, 7) is 0. The largest absolute Gasteiger partial charge is 0.378 e. The summed E-state index contributed by atoms with van der Waals surface area (Å²) >= 11 is 7.34. The van der Waals surface area contributed by atoms with Crippen LogP contribution in [0.1, 0.15) is 21.7 Å². The number of rotatable bonds is 8. The Bertz CT molecular complexity index is 1350. The van der Waals surface area contributed by atoms with E-state index >= 15 is 0 Å². The van der Waals surface area contributed by atoms with E-state index in [0.717, 1.165) is 4.90 Å². The number of nitrogens with zero attached hydrogens (tertiary/aromatic N) is 7. The Labute approximate surface area is 200 Å². The number of carbonyl (C=O) groups excluding carboxylic acids is 1. The fourth-order valence-electron chi connectivity index (χ4n) is 2.70. The van der Waals surface area contributed by atoms with E-state index in [2.05, 4.69) is 35.8 Å². The lowest BCUT2D eigenvalue weighted by Gasteiger charge is -2.06. The first-order chi connectivity index (χ1) is 16.4. The molecule has 0 saturated carbocycles. The molecule has 13 nitrogen and oxygen atoms in total. The van der Waals surface area contributed by atoms with E-state index in [1.54, 1.807) is 12.1 Å². The molecule has 3 N–H and O–H groups in total. The molecule has 34 heavy (non-hydrogen) atoms. The molecular weight excluding hydrogens is 486 g/mol. The summed E-state index contributed by atoms with van der Waals surface area (Å²) in [6.07, 6.45) is 1.34. The number of halogens is 1. The Balaban J connectivity index is 1.54. The van der Waals surface area contributed by atoms with Crippen LogP contribution in [0.5, 0.6) is 0 Å². The van der Waals surface area contributed by atoms with Gasteiger partial charge in [0.05, 0.1) is 16.8 Å². The Morgan fingerprint density at radius 1 is 1.24 bits per heavy atom. The number of nitro groups is 1. The van der Waals surface area contributed by atoms with Crippen LogP contribution in [0.15, 0.2) is 63.2 Å². The van der Waals surface area contributed by atoms with E-state index in [-0.39, 0.29) is 28.8 Å². The van der Waals surface area contributed by atoms with Crippen LogP contribution in [0, 0.1) is 10.1 Å². The first-order valence-corrected chi connectivity index (χ1v) is 10.8. The molecular formula is C19H14ClN9O4S. The van der Waals surface area contributed by atoms with Gasteiger partial charge in [0.1, 0.15) is 0 Å². The van der Waals surface area contributed by atoms with Crippen molar-refractivity contribution in [3.63, 3.8) is 0 Å². The summed E-state index contributed by atoms with van der Waals surface area (Å²) in [5.74, 6) is -0.292. The molecule has 0 bridgehead atoms. The van der Waals surface area contributed by atoms with E-state index in [0.29, 0.717) is 16.3 Å². The number of nitro benzene ring substituents is 1. The topological polar surface area (TPSA) is 180 Å². The van der Waals surface area contributed by atoms with Crippen LogP contribution in [-0.2, 0) is 5.75 Å². The van der Waals surface area contributed by atoms with Gasteiger partial charge in [0.25, 0.3) is 11.6 Å². The highest BCUT2D eigenvalue weighted by Crippen LogP contribution is 2.27. The maximum Gasteiger partial charge on any atom is 0.293 e. The van der Waals surface area contributed by atoms with Crippen molar-refractivity contribution in [2.45, 2.75) is 10.6 Å². The lowest BCUT2D eigenvalue weighted by molar-refractivity contribution is -0.384. The van der Waals surface area contributed by atoms with Crippen LogP contribution < -0.4 is 11.2 Å². The highest BCUT2D eigenvalue weighted by molar-refractivity contribution is 7.98. The number of aromatic nitrogens is 5. The summed E-state index contributed by atoms with van der Waals surface area (Å²) in [6, 6.07) is 12.8. The van der Waals surface area contributed by atoms with Crippen molar-refractivity contribution in [3.8, 4) is 5.82 Å². The van der Waals surface area contributed by atoms with Gasteiger partial charge >= 0.3 is 0 Å². The van der Waals surface area contributed by atoms with Gasteiger partial charge in [0, 0.05) is 27.8 Å². The van der Waals surface area contributed by atoms with Gasteiger partial charge in [-0.2, -0.15) is 9.78 Å². The van der Waals surface area contributed by atoms with Crippen molar-refractivity contribution in [1.82, 2.24) is 30.7 Å². The molecule has 0 saturated heterocycles. The summed E-state index contributed by atoms with van der Waals surface area (Å²) < 4.78 is 5.90. The Morgan fingerprint density at radius 2 is 1.97 bits per heavy atom. The molecule has 15 heteroatoms. The molecule has 0 aliphatic carbocycles. The lowest BCUT2D eigenvalue weighted by Crippen LogP contribution is -2.20. The van der Waals surface area contributed by atoms with Crippen molar-refractivity contribution >= 4 is 47.0 Å². The number of nitrogens with two attached hydrogens (primary N) is 1. The van der Waals surface area contributed by atoms with Gasteiger partial charge in [-0.1, -0.05) is 16.8 Å². The van der Waals surface area contributed by atoms with Crippen LogP contribution in [0.2, 0.25) is 5.02 Å². The number of hydrazone groups is 1. The molecule has 0 fully saturated rings. The molecule has 0 spiro atoms. The van der Waals surface area contributed by atoms with Crippen molar-refractivity contribution in [1.29, 1.82) is 0 Å². The van der Waals surface area contributed by atoms with Crippen LogP contribution in [0.4, 0.5) is 11.5 Å². The van der Waals surface area contributed by atoms with Crippen molar-refractivity contribution in [3.05, 3.63) is 80.6 Å². The molecule has 0 radical (unpaired) electrons. The summed E-state index contributed by atoms with van der Waals surface area (Å²) in [4.78, 5) is 23.9. The standard InChI is InChI=1S/C19H14ClN9O4S/c20-12-3-7-14(8-4-12)34-10-15-16(23-27-28(15)18-17(21)25-33-26-18)19(30)24-22-9-11-1-5-13(6-2-11)29(31)32/h1-9H,10H2,(H2,21,25)(H,24,30). The highest BCUT2D eigenvalue weighted by atomic mass is 35.5. The first kappa shape index (κ1) is 22.9. The lowest BCUT2D eigenvalue weighted by atomic mass is 10.2. The molecule has 2 aromatic carbocycles. The van der Waals surface area contributed by atoms with Gasteiger partial charge < -0.3 is 5.73 Å². The number of anilines is 1. The zero-order valence-electron chi connectivity index (χ0n) is 17.0. The molecule has 0 unspecified atom stereocenters. The number of benzene rings is 2. The Morgan fingerprint density at radius 3 is 2.62 bits per heavy atom. The van der Waals surface area contributed by atoms with Gasteiger partial charge in [-0.3, -0.25) is 14.9 Å². The SMILES string of the molecule is Nc1nonc1-n1nnc(C(=O)NN=Cc2ccc([N+](=O)[O-])cc2)c1CSc1ccc(Cl)cc1. The zero-order valence-corrected chi connectivity index (χ0v) is 18.6. The molecule has 2 aromatic heterocycles. The predicted octanol–water partition coefficient (Wildman–Crippen LogP) is 2.85. The van der Waals surface area contributed by atoms with Gasteiger partial charge in [0.2, 0.25) is 11.6 Å². The van der Waals surface area contributed by atoms with Crippen molar-refractivity contribution in [2.24, 2.45) is 5.10 Å². The number of amides is 1. The molecule has 4 aromatic rings. The normalized spacial score (nSPS) is 11.1. The predicted molar refractivity (Wildman–Crippen MR) is 123 cm³/mol. The van der Waals surface area contributed by atoms with Crippen molar-refractivity contribution < 1.29 is 14.3 Å². The average Bonchev–Trinajstić information content (AvgIpc) is 3.44. The van der Waals surface area contributed by atoms with E-state index in [1.807, 2.05) is 12.1 Å². The molecule has 4 rings (SSSR count). The Kier molecular flexibility index (Phi) is 6.79. The van der Waals surface area contributed by atoms with Crippen LogP contribution >= 0.6 is 23.4 Å². The number of hydrogen-bond donors (Lipinski definition) is 2. The second-order valence-corrected chi connectivity index (χ2v) is 8.05. The molecule has 0 aliphatic rings. The van der Waals surface area contributed by atoms with Crippen LogP contribution in [0.25, 0.3) is 5.82 Å². The van der Waals surface area contributed by atoms with Gasteiger partial charge in [0.15, 0.2) is 5.69 Å². The summed E-state index contributed by atoms with van der Waals surface area (Å²) in [5.41, 5.74) is 9.02. The summed E-state index contributed by atoms with van der Waals surface area (Å²) in [7, 11) is 0. The fraction of sp³-hybridized carbons (Fsp3) is 0.0526. The number of nitrogens with one attached hydrogen (secondary N) is 1. The molecule has 1 amide bonds. The number of carbonyl (C=O) groups is 1. The monoisotopic (exact) mass is 499 g/mol. The number of nitrogen functional groups attached to an aromatic ring is 1. The summed E-state index contributed by atoms with van der Waals surface area (Å²) in [5, 5.41) is 30.4. The maximum absolute atomic E-state index is 12.8. The van der Waals surface area contributed by atoms with E-state index in [4.69, 9.17) is 17.3 Å². The van der Waals surface area contributed by atoms with Gasteiger partial charge in [-0.25, -0.2) is 10.1 Å².